The van der Waals surface area contributed by atoms with Crippen LogP contribution in [0.15, 0.2) is 72.8 Å². The van der Waals surface area contributed by atoms with Gasteiger partial charge in [0, 0.05) is 11.1 Å². The summed E-state index contributed by atoms with van der Waals surface area (Å²) >= 11 is 0. The van der Waals surface area contributed by atoms with Crippen LogP contribution in [0.4, 0.5) is 5.69 Å². The molecular weight excluding hydrogens is 294 g/mol. The van der Waals surface area contributed by atoms with E-state index in [9.17, 15) is 5.11 Å². The predicted octanol–water partition coefficient (Wildman–Crippen LogP) is 5.59. The Labute approximate surface area is 138 Å². The number of fused-ring (bicyclic) bond motifs is 7. The molecule has 24 heavy (non-hydrogen) atoms. The molecule has 5 aromatic carbocycles. The van der Waals surface area contributed by atoms with Crippen molar-refractivity contribution in [3.63, 3.8) is 0 Å². The molecule has 2 nitrogen and oxygen atoms in total. The van der Waals surface area contributed by atoms with Crippen LogP contribution < -0.4 is 5.73 Å². The third-order valence-corrected chi connectivity index (χ3v) is 4.85. The molecule has 0 atom stereocenters. The lowest BCUT2D eigenvalue weighted by Gasteiger charge is -2.12. The van der Waals surface area contributed by atoms with E-state index in [0.29, 0.717) is 0 Å². The number of anilines is 1. The molecule has 0 bridgehead atoms. The minimum absolute atomic E-state index is 0.257. The van der Waals surface area contributed by atoms with E-state index in [2.05, 4.69) is 48.5 Å². The first kappa shape index (κ1) is 13.2. The van der Waals surface area contributed by atoms with Crippen molar-refractivity contribution in [2.45, 2.75) is 0 Å². The van der Waals surface area contributed by atoms with Gasteiger partial charge in [0.25, 0.3) is 0 Å². The van der Waals surface area contributed by atoms with Crippen LogP contribution in [0.25, 0.3) is 43.1 Å². The number of aromatic hydroxyl groups is 1. The number of phenolic OH excluding ortho intramolecular Hbond substituents is 1. The average Bonchev–Trinajstić information content (AvgIpc) is 2.60. The molecule has 0 radical (unpaired) electrons. The molecule has 0 heterocycles. The van der Waals surface area contributed by atoms with E-state index in [4.69, 9.17) is 5.73 Å². The molecule has 2 heteroatoms. The van der Waals surface area contributed by atoms with Gasteiger partial charge in [-0.05, 0) is 55.9 Å². The molecule has 0 aromatic heterocycles. The first-order chi connectivity index (χ1) is 11.7. The van der Waals surface area contributed by atoms with Crippen molar-refractivity contribution >= 4 is 48.8 Å². The standard InChI is InChI=1S/C22H15NO/c23-21-12-14-11-15(24)6-8-17(14)19-10-9-18-16-4-2-1-3-13(16)5-7-20(18)22(19)21/h1-12,24H,23H2. The van der Waals surface area contributed by atoms with Gasteiger partial charge in [0.15, 0.2) is 0 Å². The molecule has 0 aliphatic carbocycles. The van der Waals surface area contributed by atoms with Gasteiger partial charge in [-0.3, -0.25) is 0 Å². The van der Waals surface area contributed by atoms with Gasteiger partial charge in [-0.25, -0.2) is 0 Å². The summed E-state index contributed by atoms with van der Waals surface area (Å²) in [7, 11) is 0. The Morgan fingerprint density at radius 3 is 2.17 bits per heavy atom. The Morgan fingerprint density at radius 2 is 1.25 bits per heavy atom. The number of nitrogen functional groups attached to an aromatic ring is 1. The summed E-state index contributed by atoms with van der Waals surface area (Å²) < 4.78 is 0. The van der Waals surface area contributed by atoms with Crippen LogP contribution in [-0.2, 0) is 0 Å². The summed E-state index contributed by atoms with van der Waals surface area (Å²) in [6, 6.07) is 24.4. The SMILES string of the molecule is Nc1cc2cc(O)ccc2c2ccc3c4ccccc4ccc3c12. The van der Waals surface area contributed by atoms with Crippen molar-refractivity contribution < 1.29 is 5.11 Å². The molecule has 0 amide bonds. The molecule has 0 aliphatic heterocycles. The van der Waals surface area contributed by atoms with Gasteiger partial charge in [0.2, 0.25) is 0 Å². The van der Waals surface area contributed by atoms with E-state index < -0.39 is 0 Å². The maximum atomic E-state index is 9.74. The molecule has 5 rings (SSSR count). The highest BCUT2D eigenvalue weighted by Gasteiger charge is 2.10. The molecule has 0 aliphatic rings. The number of rotatable bonds is 0. The summed E-state index contributed by atoms with van der Waals surface area (Å²) in [5, 5.41) is 18.9. The van der Waals surface area contributed by atoms with E-state index in [1.165, 1.54) is 21.5 Å². The normalized spacial score (nSPS) is 11.7. The Balaban J connectivity index is 2.04. The largest absolute Gasteiger partial charge is 0.508 e. The number of benzene rings is 5. The molecule has 5 aromatic rings. The minimum Gasteiger partial charge on any atom is -0.508 e. The van der Waals surface area contributed by atoms with Gasteiger partial charge in [-0.15, -0.1) is 0 Å². The quantitative estimate of drug-likeness (QED) is 0.289. The fourth-order valence-electron chi connectivity index (χ4n) is 3.78. The van der Waals surface area contributed by atoms with E-state index in [1.807, 2.05) is 12.1 Å². The van der Waals surface area contributed by atoms with Crippen molar-refractivity contribution in [2.24, 2.45) is 0 Å². The zero-order valence-electron chi connectivity index (χ0n) is 13.0. The first-order valence-corrected chi connectivity index (χ1v) is 7.98. The molecule has 114 valence electrons. The summed E-state index contributed by atoms with van der Waals surface area (Å²) in [4.78, 5) is 0. The van der Waals surface area contributed by atoms with Gasteiger partial charge in [0.1, 0.15) is 5.75 Å². The molecule has 0 unspecified atom stereocenters. The molecule has 0 saturated heterocycles. The van der Waals surface area contributed by atoms with Crippen LogP contribution >= 0.6 is 0 Å². The first-order valence-electron chi connectivity index (χ1n) is 7.98. The summed E-state index contributed by atoms with van der Waals surface area (Å²) in [6.07, 6.45) is 0. The Bertz CT molecular complexity index is 1270. The molecule has 0 spiro atoms. The van der Waals surface area contributed by atoms with Gasteiger partial charge < -0.3 is 10.8 Å². The van der Waals surface area contributed by atoms with Crippen LogP contribution in [0.1, 0.15) is 0 Å². The fourth-order valence-corrected chi connectivity index (χ4v) is 3.78. The lowest BCUT2D eigenvalue weighted by atomic mass is 9.93. The highest BCUT2D eigenvalue weighted by Crippen LogP contribution is 2.38. The molecular formula is C22H15NO. The zero-order chi connectivity index (χ0) is 16.3. The monoisotopic (exact) mass is 309 g/mol. The average molecular weight is 309 g/mol. The van der Waals surface area contributed by atoms with E-state index >= 15 is 0 Å². The van der Waals surface area contributed by atoms with Crippen molar-refractivity contribution in [3.05, 3.63) is 72.8 Å². The maximum absolute atomic E-state index is 9.74. The molecule has 0 fully saturated rings. The zero-order valence-corrected chi connectivity index (χ0v) is 13.0. The van der Waals surface area contributed by atoms with Crippen molar-refractivity contribution in [1.29, 1.82) is 0 Å². The van der Waals surface area contributed by atoms with Gasteiger partial charge >= 0.3 is 0 Å². The lowest BCUT2D eigenvalue weighted by Crippen LogP contribution is -1.90. The molecule has 3 N–H and O–H groups in total. The smallest absolute Gasteiger partial charge is 0.116 e. The summed E-state index contributed by atoms with van der Waals surface area (Å²) in [5.74, 6) is 0.257. The Kier molecular flexibility index (Phi) is 2.54. The highest BCUT2D eigenvalue weighted by atomic mass is 16.3. The van der Waals surface area contributed by atoms with Crippen molar-refractivity contribution in [3.8, 4) is 5.75 Å². The van der Waals surface area contributed by atoms with Crippen molar-refractivity contribution in [2.75, 3.05) is 5.73 Å². The third-order valence-electron chi connectivity index (χ3n) is 4.85. The maximum Gasteiger partial charge on any atom is 0.116 e. The van der Waals surface area contributed by atoms with Crippen LogP contribution in [0.3, 0.4) is 0 Å². The van der Waals surface area contributed by atoms with E-state index in [-0.39, 0.29) is 5.75 Å². The van der Waals surface area contributed by atoms with E-state index in [0.717, 1.165) is 27.2 Å². The van der Waals surface area contributed by atoms with Gasteiger partial charge in [-0.1, -0.05) is 54.6 Å². The number of phenols is 1. The van der Waals surface area contributed by atoms with Crippen molar-refractivity contribution in [1.82, 2.24) is 0 Å². The second-order valence-corrected chi connectivity index (χ2v) is 6.24. The topological polar surface area (TPSA) is 46.2 Å². The third kappa shape index (κ3) is 1.71. The van der Waals surface area contributed by atoms with Crippen LogP contribution in [0, 0.1) is 0 Å². The molecule has 0 saturated carbocycles. The highest BCUT2D eigenvalue weighted by molar-refractivity contribution is 6.25. The van der Waals surface area contributed by atoms with Crippen LogP contribution in [0.5, 0.6) is 5.75 Å². The van der Waals surface area contributed by atoms with Crippen LogP contribution in [0.2, 0.25) is 0 Å². The van der Waals surface area contributed by atoms with Gasteiger partial charge in [0.05, 0.1) is 0 Å². The predicted molar refractivity (Wildman–Crippen MR) is 103 cm³/mol. The number of nitrogens with two attached hydrogens (primary N) is 1. The summed E-state index contributed by atoms with van der Waals surface area (Å²) in [6.45, 7) is 0. The van der Waals surface area contributed by atoms with E-state index in [1.54, 1.807) is 12.1 Å². The number of hydrogen-bond donors (Lipinski definition) is 2. The number of hydrogen-bond acceptors (Lipinski definition) is 2. The fraction of sp³-hybridized carbons (Fsp3) is 0. The second-order valence-electron chi connectivity index (χ2n) is 6.24. The minimum atomic E-state index is 0.257. The Morgan fingerprint density at radius 1 is 0.583 bits per heavy atom. The van der Waals surface area contributed by atoms with Crippen LogP contribution in [-0.4, -0.2) is 5.11 Å². The second kappa shape index (κ2) is 4.62. The lowest BCUT2D eigenvalue weighted by molar-refractivity contribution is 0.476. The van der Waals surface area contributed by atoms with Gasteiger partial charge in [-0.2, -0.15) is 0 Å². The Hall–Kier alpha value is -3.26. The summed E-state index contributed by atoms with van der Waals surface area (Å²) in [5.41, 5.74) is 7.14.